The monoisotopic (exact) mass is 301 g/mol. The van der Waals surface area contributed by atoms with Gasteiger partial charge in [-0.2, -0.15) is 0 Å². The van der Waals surface area contributed by atoms with Crippen LogP contribution in [0.3, 0.4) is 0 Å². The van der Waals surface area contributed by atoms with Crippen molar-refractivity contribution in [2.45, 2.75) is 19.4 Å². The normalized spacial score (nSPS) is 10.2. The van der Waals surface area contributed by atoms with Crippen LogP contribution in [-0.2, 0) is 6.54 Å². The Morgan fingerprint density at radius 2 is 1.82 bits per heavy atom. The van der Waals surface area contributed by atoms with E-state index in [4.69, 9.17) is 0 Å². The number of aromatic nitrogens is 2. The van der Waals surface area contributed by atoms with E-state index in [-0.39, 0.29) is 6.03 Å². The summed E-state index contributed by atoms with van der Waals surface area (Å²) in [4.78, 5) is 15.5. The smallest absolute Gasteiger partial charge is 0.314 e. The van der Waals surface area contributed by atoms with Gasteiger partial charge in [-0.05, 0) is 25.0 Å². The molecule has 118 valence electrons. The molecular formula is C16H23N5O. The summed E-state index contributed by atoms with van der Waals surface area (Å²) in [6.07, 6.45) is 7.22. The van der Waals surface area contributed by atoms with Crippen molar-refractivity contribution in [2.75, 3.05) is 25.0 Å². The number of rotatable bonds is 9. The number of carbonyl (C=O) groups excluding carboxylic acids is 1. The zero-order valence-corrected chi connectivity index (χ0v) is 12.7. The lowest BCUT2D eigenvalue weighted by atomic mass is 10.3. The van der Waals surface area contributed by atoms with Crippen molar-refractivity contribution in [3.8, 4) is 0 Å². The van der Waals surface area contributed by atoms with Crippen LogP contribution in [0.4, 0.5) is 10.5 Å². The maximum atomic E-state index is 11.6. The fourth-order valence-electron chi connectivity index (χ4n) is 2.02. The van der Waals surface area contributed by atoms with Crippen LogP contribution in [0, 0.1) is 0 Å². The Morgan fingerprint density at radius 3 is 2.55 bits per heavy atom. The summed E-state index contributed by atoms with van der Waals surface area (Å²) < 4.78 is 1.99. The van der Waals surface area contributed by atoms with Gasteiger partial charge in [-0.15, -0.1) is 0 Å². The number of urea groups is 1. The first kappa shape index (κ1) is 15.9. The van der Waals surface area contributed by atoms with Crippen LogP contribution in [-0.4, -0.2) is 35.2 Å². The minimum atomic E-state index is -0.106. The molecule has 3 N–H and O–H groups in total. The number of nitrogens with one attached hydrogen (secondary N) is 3. The Hall–Kier alpha value is -2.50. The summed E-state index contributed by atoms with van der Waals surface area (Å²) in [6.45, 7) is 3.02. The molecule has 0 fully saturated rings. The van der Waals surface area contributed by atoms with Crippen molar-refractivity contribution >= 4 is 11.7 Å². The van der Waals surface area contributed by atoms with E-state index in [0.29, 0.717) is 13.1 Å². The highest BCUT2D eigenvalue weighted by molar-refractivity contribution is 5.73. The molecule has 1 aromatic heterocycles. The average Bonchev–Trinajstić information content (AvgIpc) is 3.06. The zero-order valence-electron chi connectivity index (χ0n) is 12.7. The van der Waals surface area contributed by atoms with Gasteiger partial charge in [0.1, 0.15) is 0 Å². The number of imidazole rings is 1. The van der Waals surface area contributed by atoms with Crippen LogP contribution in [0.5, 0.6) is 0 Å². The number of anilines is 1. The minimum absolute atomic E-state index is 0.106. The van der Waals surface area contributed by atoms with Crippen LogP contribution < -0.4 is 16.0 Å². The summed E-state index contributed by atoms with van der Waals surface area (Å²) in [5.41, 5.74) is 1.10. The van der Waals surface area contributed by atoms with Crippen molar-refractivity contribution in [1.82, 2.24) is 20.2 Å². The molecule has 0 radical (unpaired) electrons. The Labute approximate surface area is 130 Å². The fraction of sp³-hybridized carbons (Fsp3) is 0.375. The number of para-hydroxylation sites is 1. The first-order valence-electron chi connectivity index (χ1n) is 7.61. The maximum Gasteiger partial charge on any atom is 0.314 e. The van der Waals surface area contributed by atoms with Gasteiger partial charge in [0, 0.05) is 44.3 Å². The molecule has 2 amide bonds. The summed E-state index contributed by atoms with van der Waals surface area (Å²) >= 11 is 0. The lowest BCUT2D eigenvalue weighted by Crippen LogP contribution is -2.37. The summed E-state index contributed by atoms with van der Waals surface area (Å²) in [7, 11) is 0. The number of carbonyl (C=O) groups is 1. The molecule has 0 aliphatic carbocycles. The number of nitrogens with zero attached hydrogens (tertiary/aromatic N) is 2. The Morgan fingerprint density at radius 1 is 1.05 bits per heavy atom. The highest BCUT2D eigenvalue weighted by atomic mass is 16.2. The quantitative estimate of drug-likeness (QED) is 0.621. The van der Waals surface area contributed by atoms with E-state index in [1.807, 2.05) is 41.1 Å². The predicted molar refractivity (Wildman–Crippen MR) is 87.8 cm³/mol. The maximum absolute atomic E-state index is 11.6. The molecule has 1 aromatic carbocycles. The summed E-state index contributed by atoms with van der Waals surface area (Å²) in [5, 5.41) is 9.01. The van der Waals surface area contributed by atoms with Crippen LogP contribution in [0.2, 0.25) is 0 Å². The number of aryl methyl sites for hydroxylation is 1. The second-order valence-electron chi connectivity index (χ2n) is 4.98. The Bertz CT molecular complexity index is 527. The van der Waals surface area contributed by atoms with E-state index >= 15 is 0 Å². The highest BCUT2D eigenvalue weighted by Crippen LogP contribution is 2.03. The number of hydrogen-bond acceptors (Lipinski definition) is 3. The fourth-order valence-corrected chi connectivity index (χ4v) is 2.02. The van der Waals surface area contributed by atoms with Gasteiger partial charge in [0.25, 0.3) is 0 Å². The molecule has 2 rings (SSSR count). The third-order valence-corrected chi connectivity index (χ3v) is 3.18. The van der Waals surface area contributed by atoms with Gasteiger partial charge in [-0.3, -0.25) is 0 Å². The van der Waals surface area contributed by atoms with E-state index in [2.05, 4.69) is 20.9 Å². The molecule has 0 saturated heterocycles. The van der Waals surface area contributed by atoms with Gasteiger partial charge in [0.05, 0.1) is 6.33 Å². The van der Waals surface area contributed by atoms with Gasteiger partial charge in [-0.25, -0.2) is 9.78 Å². The second kappa shape index (κ2) is 9.44. The van der Waals surface area contributed by atoms with Gasteiger partial charge >= 0.3 is 6.03 Å². The molecule has 0 bridgehead atoms. The molecule has 22 heavy (non-hydrogen) atoms. The lowest BCUT2D eigenvalue weighted by molar-refractivity contribution is 0.240. The van der Waals surface area contributed by atoms with E-state index in [0.717, 1.165) is 31.6 Å². The van der Waals surface area contributed by atoms with E-state index in [1.165, 1.54) is 0 Å². The molecule has 0 aliphatic rings. The molecule has 2 aromatic rings. The molecule has 0 saturated carbocycles. The molecule has 0 aliphatic heterocycles. The molecule has 6 nitrogen and oxygen atoms in total. The van der Waals surface area contributed by atoms with E-state index in [9.17, 15) is 4.79 Å². The van der Waals surface area contributed by atoms with Crippen molar-refractivity contribution < 1.29 is 4.79 Å². The van der Waals surface area contributed by atoms with Crippen molar-refractivity contribution in [1.29, 1.82) is 0 Å². The van der Waals surface area contributed by atoms with Crippen LogP contribution in [0.1, 0.15) is 12.8 Å². The van der Waals surface area contributed by atoms with E-state index in [1.54, 1.807) is 12.5 Å². The SMILES string of the molecule is O=C(NCCCNc1ccccc1)NCCCn1ccnc1. The third-order valence-electron chi connectivity index (χ3n) is 3.18. The largest absolute Gasteiger partial charge is 0.385 e. The lowest BCUT2D eigenvalue weighted by Gasteiger charge is -2.09. The first-order valence-corrected chi connectivity index (χ1v) is 7.61. The molecular weight excluding hydrogens is 278 g/mol. The molecule has 6 heteroatoms. The third kappa shape index (κ3) is 6.30. The second-order valence-corrected chi connectivity index (χ2v) is 4.98. The topological polar surface area (TPSA) is 71.0 Å². The van der Waals surface area contributed by atoms with Gasteiger partial charge in [-0.1, -0.05) is 18.2 Å². The molecule has 0 atom stereocenters. The predicted octanol–water partition coefficient (Wildman–Crippen LogP) is 2.07. The minimum Gasteiger partial charge on any atom is -0.385 e. The average molecular weight is 301 g/mol. The van der Waals surface area contributed by atoms with E-state index < -0.39 is 0 Å². The first-order chi connectivity index (χ1) is 10.8. The summed E-state index contributed by atoms with van der Waals surface area (Å²) in [6, 6.07) is 9.94. The Kier molecular flexibility index (Phi) is 6.81. The molecule has 0 spiro atoms. The van der Waals surface area contributed by atoms with Crippen LogP contribution in [0.15, 0.2) is 49.1 Å². The number of benzene rings is 1. The van der Waals surface area contributed by atoms with Gasteiger partial charge in [0.15, 0.2) is 0 Å². The van der Waals surface area contributed by atoms with Gasteiger partial charge in [0.2, 0.25) is 0 Å². The standard InChI is InChI=1S/C16H23N5O/c22-16(20-10-5-12-21-13-11-17-14-21)19-9-4-8-18-15-6-2-1-3-7-15/h1-3,6-7,11,13-14,18H,4-5,8-10,12H2,(H2,19,20,22). The highest BCUT2D eigenvalue weighted by Gasteiger charge is 1.98. The van der Waals surface area contributed by atoms with Crippen molar-refractivity contribution in [2.24, 2.45) is 0 Å². The van der Waals surface area contributed by atoms with Crippen molar-refractivity contribution in [3.05, 3.63) is 49.1 Å². The van der Waals surface area contributed by atoms with Crippen LogP contribution in [0.25, 0.3) is 0 Å². The number of hydrogen-bond donors (Lipinski definition) is 3. The zero-order chi connectivity index (χ0) is 15.5. The van der Waals surface area contributed by atoms with Crippen LogP contribution >= 0.6 is 0 Å². The van der Waals surface area contributed by atoms with Gasteiger partial charge < -0.3 is 20.5 Å². The summed E-state index contributed by atoms with van der Waals surface area (Å²) in [5.74, 6) is 0. The number of amides is 2. The Balaban J connectivity index is 1.44. The van der Waals surface area contributed by atoms with Crippen molar-refractivity contribution in [3.63, 3.8) is 0 Å². The molecule has 1 heterocycles. The molecule has 0 unspecified atom stereocenters.